The van der Waals surface area contributed by atoms with Gasteiger partial charge in [0.05, 0.1) is 5.75 Å². The van der Waals surface area contributed by atoms with Crippen LogP contribution in [0.5, 0.6) is 0 Å². The third-order valence-electron chi connectivity index (χ3n) is 5.60. The van der Waals surface area contributed by atoms with E-state index in [1.807, 2.05) is 0 Å². The van der Waals surface area contributed by atoms with Crippen molar-refractivity contribution in [2.45, 2.75) is 56.0 Å². The first kappa shape index (κ1) is 15.3. The maximum atomic E-state index is 12.5. The third kappa shape index (κ3) is 3.20. The molecular formula is C16H25N5OS. The molecule has 0 aromatic carbocycles. The second-order valence-electron chi connectivity index (χ2n) is 7.21. The zero-order chi connectivity index (χ0) is 15.8. The monoisotopic (exact) mass is 335 g/mol. The van der Waals surface area contributed by atoms with E-state index in [1.54, 1.807) is 4.68 Å². The van der Waals surface area contributed by atoms with Gasteiger partial charge in [-0.1, -0.05) is 31.0 Å². The number of rotatable bonds is 4. The van der Waals surface area contributed by atoms with Crippen LogP contribution >= 0.6 is 11.8 Å². The molecule has 7 heteroatoms. The maximum Gasteiger partial charge on any atom is 0.233 e. The Labute approximate surface area is 141 Å². The molecule has 0 bridgehead atoms. The van der Waals surface area contributed by atoms with E-state index in [1.165, 1.54) is 43.9 Å². The van der Waals surface area contributed by atoms with Gasteiger partial charge < -0.3 is 10.7 Å². The van der Waals surface area contributed by atoms with Crippen LogP contribution in [0.1, 0.15) is 56.7 Å². The van der Waals surface area contributed by atoms with Crippen molar-refractivity contribution in [3.8, 4) is 0 Å². The number of thioether (sulfide) groups is 1. The summed E-state index contributed by atoms with van der Waals surface area (Å²) in [6.07, 6.45) is 8.84. The summed E-state index contributed by atoms with van der Waals surface area (Å²) in [5.74, 6) is 9.60. The molecule has 1 saturated heterocycles. The van der Waals surface area contributed by atoms with Crippen LogP contribution in [-0.4, -0.2) is 44.5 Å². The smallest absolute Gasteiger partial charge is 0.233 e. The van der Waals surface area contributed by atoms with Crippen molar-refractivity contribution in [3.05, 3.63) is 5.82 Å². The largest absolute Gasteiger partial charge is 0.342 e. The quantitative estimate of drug-likeness (QED) is 0.673. The van der Waals surface area contributed by atoms with E-state index in [0.29, 0.717) is 16.8 Å². The third-order valence-corrected chi connectivity index (χ3v) is 6.53. The molecule has 0 unspecified atom stereocenters. The van der Waals surface area contributed by atoms with Gasteiger partial charge in [-0.05, 0) is 37.5 Å². The fourth-order valence-electron chi connectivity index (χ4n) is 4.05. The number of aromatic nitrogens is 3. The Kier molecular flexibility index (Phi) is 4.22. The van der Waals surface area contributed by atoms with Gasteiger partial charge in [-0.25, -0.2) is 4.68 Å². The molecule has 1 aromatic heterocycles. The second kappa shape index (κ2) is 6.34. The molecule has 2 N–H and O–H groups in total. The fraction of sp³-hybridized carbons (Fsp3) is 0.812. The number of nitrogens with two attached hydrogens (primary N) is 1. The van der Waals surface area contributed by atoms with Crippen molar-refractivity contribution in [3.63, 3.8) is 0 Å². The highest BCUT2D eigenvalue weighted by Crippen LogP contribution is 2.39. The molecule has 23 heavy (non-hydrogen) atoms. The number of hydrogen-bond donors (Lipinski definition) is 1. The molecule has 2 saturated carbocycles. The first-order valence-electron chi connectivity index (χ1n) is 8.83. The normalized spacial score (nSPS) is 27.7. The Morgan fingerprint density at radius 2 is 1.91 bits per heavy atom. The van der Waals surface area contributed by atoms with Gasteiger partial charge >= 0.3 is 0 Å². The summed E-state index contributed by atoms with van der Waals surface area (Å²) in [7, 11) is 0. The van der Waals surface area contributed by atoms with Crippen LogP contribution in [0.2, 0.25) is 0 Å². The van der Waals surface area contributed by atoms with Crippen LogP contribution < -0.4 is 5.84 Å². The van der Waals surface area contributed by atoms with E-state index < -0.39 is 0 Å². The van der Waals surface area contributed by atoms with Gasteiger partial charge in [0.15, 0.2) is 5.82 Å². The van der Waals surface area contributed by atoms with Gasteiger partial charge in [0.1, 0.15) is 0 Å². The number of nitrogens with zero attached hydrogens (tertiary/aromatic N) is 4. The minimum atomic E-state index is 0.218. The van der Waals surface area contributed by atoms with Crippen molar-refractivity contribution in [1.29, 1.82) is 0 Å². The van der Waals surface area contributed by atoms with Crippen molar-refractivity contribution >= 4 is 17.7 Å². The van der Waals surface area contributed by atoms with E-state index in [2.05, 4.69) is 15.1 Å². The van der Waals surface area contributed by atoms with Crippen molar-refractivity contribution in [2.75, 3.05) is 24.7 Å². The first-order valence-corrected chi connectivity index (χ1v) is 9.82. The molecular weight excluding hydrogens is 310 g/mol. The van der Waals surface area contributed by atoms with Gasteiger partial charge in [0.2, 0.25) is 11.1 Å². The molecule has 1 aromatic rings. The minimum absolute atomic E-state index is 0.218. The summed E-state index contributed by atoms with van der Waals surface area (Å²) in [6, 6.07) is 0. The summed E-state index contributed by atoms with van der Waals surface area (Å²) in [4.78, 5) is 14.6. The molecule has 2 heterocycles. The highest BCUT2D eigenvalue weighted by atomic mass is 32.2. The topological polar surface area (TPSA) is 77.0 Å². The molecule has 0 spiro atoms. The SMILES string of the molecule is Nn1c(SCC(=O)N2CC[C@@H]3CCCC[C@H]3C2)nnc1C1CC1. The van der Waals surface area contributed by atoms with Crippen LogP contribution in [0.3, 0.4) is 0 Å². The Morgan fingerprint density at radius 3 is 2.70 bits per heavy atom. The lowest BCUT2D eigenvalue weighted by molar-refractivity contribution is -0.131. The van der Waals surface area contributed by atoms with Gasteiger partial charge in [-0.15, -0.1) is 10.2 Å². The molecule has 1 amide bonds. The standard InChI is InChI=1S/C16H25N5OS/c17-21-15(12-5-6-12)18-19-16(21)23-10-14(22)20-8-7-11-3-1-2-4-13(11)9-20/h11-13H,1-10,17H2/t11-,13-/m0/s1. The Bertz CT molecular complexity index is 585. The predicted octanol–water partition coefficient (Wildman–Crippen LogP) is 2.00. The van der Waals surface area contributed by atoms with E-state index in [-0.39, 0.29) is 5.91 Å². The molecule has 0 radical (unpaired) electrons. The molecule has 126 valence electrons. The molecule has 1 aliphatic heterocycles. The van der Waals surface area contributed by atoms with Crippen LogP contribution in [0.15, 0.2) is 5.16 Å². The van der Waals surface area contributed by atoms with Crippen molar-refractivity contribution in [2.24, 2.45) is 11.8 Å². The first-order chi connectivity index (χ1) is 11.2. The number of carbonyl (C=O) groups is 1. The van der Waals surface area contributed by atoms with Crippen LogP contribution in [0.4, 0.5) is 0 Å². The number of piperidine rings is 1. The average molecular weight is 335 g/mol. The molecule has 2 aliphatic carbocycles. The number of carbonyl (C=O) groups excluding carboxylic acids is 1. The molecule has 6 nitrogen and oxygen atoms in total. The summed E-state index contributed by atoms with van der Waals surface area (Å²) < 4.78 is 1.57. The van der Waals surface area contributed by atoms with Gasteiger partial charge in [0, 0.05) is 19.0 Å². The maximum absolute atomic E-state index is 12.5. The Hall–Kier alpha value is -1.24. The number of hydrogen-bond acceptors (Lipinski definition) is 5. The summed E-state index contributed by atoms with van der Waals surface area (Å²) in [5.41, 5.74) is 0. The van der Waals surface area contributed by atoms with Crippen molar-refractivity contribution < 1.29 is 4.79 Å². The molecule has 4 rings (SSSR count). The number of fused-ring (bicyclic) bond motifs is 1. The lowest BCUT2D eigenvalue weighted by Crippen LogP contribution is -2.45. The van der Waals surface area contributed by atoms with E-state index in [4.69, 9.17) is 5.84 Å². The summed E-state index contributed by atoms with van der Waals surface area (Å²) in [5, 5.41) is 8.96. The number of amides is 1. The Balaban J connectivity index is 1.31. The van der Waals surface area contributed by atoms with Crippen LogP contribution in [0, 0.1) is 11.8 Å². The van der Waals surface area contributed by atoms with Crippen LogP contribution in [-0.2, 0) is 4.79 Å². The van der Waals surface area contributed by atoms with E-state index >= 15 is 0 Å². The molecule has 3 aliphatic rings. The zero-order valence-corrected chi connectivity index (χ0v) is 14.3. The lowest BCUT2D eigenvalue weighted by Gasteiger charge is -2.41. The zero-order valence-electron chi connectivity index (χ0n) is 13.5. The summed E-state index contributed by atoms with van der Waals surface area (Å²) >= 11 is 1.42. The van der Waals surface area contributed by atoms with Gasteiger partial charge in [-0.3, -0.25) is 4.79 Å². The summed E-state index contributed by atoms with van der Waals surface area (Å²) in [6.45, 7) is 1.87. The molecule has 2 atom stereocenters. The number of nitrogen functional groups attached to an aromatic ring is 1. The highest BCUT2D eigenvalue weighted by molar-refractivity contribution is 7.99. The fourth-order valence-corrected chi connectivity index (χ4v) is 4.82. The lowest BCUT2D eigenvalue weighted by atomic mass is 9.75. The second-order valence-corrected chi connectivity index (χ2v) is 8.15. The average Bonchev–Trinajstić information content (AvgIpc) is 3.36. The Morgan fingerprint density at radius 1 is 1.13 bits per heavy atom. The minimum Gasteiger partial charge on any atom is -0.342 e. The number of likely N-dealkylation sites (tertiary alicyclic amines) is 1. The predicted molar refractivity (Wildman–Crippen MR) is 89.5 cm³/mol. The van der Waals surface area contributed by atoms with E-state index in [0.717, 1.165) is 43.6 Å². The van der Waals surface area contributed by atoms with E-state index in [9.17, 15) is 4.79 Å². The van der Waals surface area contributed by atoms with Crippen LogP contribution in [0.25, 0.3) is 0 Å². The highest BCUT2D eigenvalue weighted by Gasteiger charge is 2.33. The van der Waals surface area contributed by atoms with Gasteiger partial charge in [-0.2, -0.15) is 0 Å². The van der Waals surface area contributed by atoms with Crippen molar-refractivity contribution in [1.82, 2.24) is 19.8 Å². The molecule has 3 fully saturated rings. The van der Waals surface area contributed by atoms with Gasteiger partial charge in [0.25, 0.3) is 0 Å².